The topological polar surface area (TPSA) is 77.6 Å². The molecule has 0 spiro atoms. The molecule has 0 saturated heterocycles. The predicted molar refractivity (Wildman–Crippen MR) is 220 cm³/mol. The zero-order valence-electron chi connectivity index (χ0n) is 28.6. The highest BCUT2D eigenvalue weighted by atomic mass is 32.1. The van der Waals surface area contributed by atoms with E-state index in [2.05, 4.69) is 124 Å². The molecule has 0 fully saturated rings. The van der Waals surface area contributed by atoms with E-state index in [0.29, 0.717) is 5.82 Å². The summed E-state index contributed by atoms with van der Waals surface area (Å²) >= 11 is 1.24. The van der Waals surface area contributed by atoms with E-state index in [1.165, 1.54) is 11.7 Å². The highest BCUT2D eigenvalue weighted by Gasteiger charge is 2.17. The summed E-state index contributed by atoms with van der Waals surface area (Å²) in [5, 5.41) is 5.45. The summed E-state index contributed by atoms with van der Waals surface area (Å²) in [5.41, 5.74) is 13.2. The van der Waals surface area contributed by atoms with E-state index in [1.807, 2.05) is 48.5 Å². The number of hydrogen-bond donors (Lipinski definition) is 0. The van der Waals surface area contributed by atoms with Gasteiger partial charge in [0.15, 0.2) is 5.82 Å². The SMILES string of the molecule is c1ccc(-c2nc(-c3ccc(-c4nc5ccccc5c5c4ccc4nsnc45)cc3)cc(-c3ccc(-c4cccc5c4oc4ccccc45)cc3)n2)cc1. The lowest BCUT2D eigenvalue weighted by atomic mass is 9.97. The van der Waals surface area contributed by atoms with Gasteiger partial charge in [-0.2, -0.15) is 8.75 Å². The van der Waals surface area contributed by atoms with Crippen LogP contribution in [0.5, 0.6) is 0 Å². The first-order valence-electron chi connectivity index (χ1n) is 17.8. The maximum atomic E-state index is 6.34. The number of furan rings is 1. The van der Waals surface area contributed by atoms with Crippen molar-refractivity contribution < 1.29 is 4.42 Å². The molecule has 4 heterocycles. The molecule has 0 atom stereocenters. The van der Waals surface area contributed by atoms with E-state index >= 15 is 0 Å². The molecule has 11 rings (SSSR count). The molecule has 0 radical (unpaired) electrons. The minimum absolute atomic E-state index is 0.673. The summed E-state index contributed by atoms with van der Waals surface area (Å²) in [6, 6.07) is 56.2. The number of nitrogens with zero attached hydrogens (tertiary/aromatic N) is 5. The summed E-state index contributed by atoms with van der Waals surface area (Å²) in [5.74, 6) is 0.673. The van der Waals surface area contributed by atoms with Crippen molar-refractivity contribution in [1.29, 1.82) is 0 Å². The van der Waals surface area contributed by atoms with Crippen LogP contribution in [0, 0.1) is 0 Å². The van der Waals surface area contributed by atoms with Crippen molar-refractivity contribution >= 4 is 66.4 Å². The van der Waals surface area contributed by atoms with Crippen LogP contribution in [0.15, 0.2) is 168 Å². The van der Waals surface area contributed by atoms with Crippen LogP contribution >= 0.6 is 11.7 Å². The number of rotatable bonds is 5. The Morgan fingerprint density at radius 3 is 1.89 bits per heavy atom. The Morgan fingerprint density at radius 1 is 0.426 bits per heavy atom. The van der Waals surface area contributed by atoms with E-state index in [1.54, 1.807) is 0 Å². The standard InChI is InChI=1S/C47H27N5OS/c1-2-9-32(10-3-1)47-49-40(29-19-17-28(18-20-29)33-13-8-14-35-34-11-5-7-16-42(34)53-46(33)35)27-41(50-47)30-21-23-31(24-22-30)44-37-25-26-39-45(52-54-51-39)43(37)36-12-4-6-15-38(36)48-44/h1-27H. The first-order valence-corrected chi connectivity index (χ1v) is 18.5. The van der Waals surface area contributed by atoms with Crippen molar-refractivity contribution in [2.75, 3.05) is 0 Å². The lowest BCUT2D eigenvalue weighted by Gasteiger charge is -2.12. The van der Waals surface area contributed by atoms with Gasteiger partial charge in [0, 0.05) is 54.7 Å². The maximum absolute atomic E-state index is 6.34. The first-order chi connectivity index (χ1) is 26.7. The van der Waals surface area contributed by atoms with Crippen molar-refractivity contribution in [2.24, 2.45) is 0 Å². The third-order valence-corrected chi connectivity index (χ3v) is 10.7. The molecule has 0 unspecified atom stereocenters. The van der Waals surface area contributed by atoms with Gasteiger partial charge in [0.2, 0.25) is 0 Å². The first kappa shape index (κ1) is 30.5. The second kappa shape index (κ2) is 12.3. The van der Waals surface area contributed by atoms with Crippen LogP contribution in [0.2, 0.25) is 0 Å². The predicted octanol–water partition coefficient (Wildman–Crippen LogP) is 12.4. The Kier molecular flexibility index (Phi) is 6.93. The highest BCUT2D eigenvalue weighted by Crippen LogP contribution is 2.39. The van der Waals surface area contributed by atoms with E-state index in [-0.39, 0.29) is 0 Å². The molecule has 11 aromatic rings. The summed E-state index contributed by atoms with van der Waals surface area (Å²) < 4.78 is 15.5. The van der Waals surface area contributed by atoms with Crippen molar-refractivity contribution in [3.63, 3.8) is 0 Å². The van der Waals surface area contributed by atoms with Gasteiger partial charge in [0.05, 0.1) is 34.3 Å². The zero-order valence-corrected chi connectivity index (χ0v) is 29.5. The second-order valence-corrected chi connectivity index (χ2v) is 13.9. The Morgan fingerprint density at radius 2 is 1.09 bits per heavy atom. The van der Waals surface area contributed by atoms with Gasteiger partial charge in [-0.15, -0.1) is 0 Å². The molecule has 0 N–H and O–H groups in total. The molecule has 0 aliphatic rings. The van der Waals surface area contributed by atoms with E-state index in [4.69, 9.17) is 19.4 Å². The van der Waals surface area contributed by atoms with Crippen molar-refractivity contribution in [3.05, 3.63) is 164 Å². The Labute approximate surface area is 313 Å². The van der Waals surface area contributed by atoms with Gasteiger partial charge in [-0.25, -0.2) is 15.0 Å². The number of hydrogen-bond acceptors (Lipinski definition) is 7. The Hall–Kier alpha value is -7.09. The largest absolute Gasteiger partial charge is 0.455 e. The van der Waals surface area contributed by atoms with Gasteiger partial charge >= 0.3 is 0 Å². The number of para-hydroxylation sites is 3. The third kappa shape index (κ3) is 4.98. The molecule has 0 aliphatic heterocycles. The fourth-order valence-corrected chi connectivity index (χ4v) is 8.10. The summed E-state index contributed by atoms with van der Waals surface area (Å²) in [7, 11) is 0. The van der Waals surface area contributed by atoms with E-state index < -0.39 is 0 Å². The molecule has 7 heteroatoms. The normalized spacial score (nSPS) is 11.7. The van der Waals surface area contributed by atoms with Crippen LogP contribution in [0.25, 0.3) is 111 Å². The highest BCUT2D eigenvalue weighted by molar-refractivity contribution is 7.00. The van der Waals surface area contributed by atoms with Crippen molar-refractivity contribution in [1.82, 2.24) is 23.7 Å². The number of fused-ring (bicyclic) bond motifs is 8. The molecule has 252 valence electrons. The average Bonchev–Trinajstić information content (AvgIpc) is 3.89. The van der Waals surface area contributed by atoms with Crippen LogP contribution < -0.4 is 0 Å². The maximum Gasteiger partial charge on any atom is 0.160 e. The summed E-state index contributed by atoms with van der Waals surface area (Å²) in [6.07, 6.45) is 0. The second-order valence-electron chi connectivity index (χ2n) is 13.4. The van der Waals surface area contributed by atoms with Gasteiger partial charge < -0.3 is 4.42 Å². The van der Waals surface area contributed by atoms with Crippen molar-refractivity contribution in [3.8, 4) is 56.3 Å². The monoisotopic (exact) mass is 709 g/mol. The van der Waals surface area contributed by atoms with Gasteiger partial charge in [0.1, 0.15) is 22.2 Å². The van der Waals surface area contributed by atoms with E-state index in [9.17, 15) is 0 Å². The van der Waals surface area contributed by atoms with Gasteiger partial charge in [-0.1, -0.05) is 133 Å². The molecular formula is C47H27N5OS. The van der Waals surface area contributed by atoms with Crippen LogP contribution in [-0.2, 0) is 0 Å². The zero-order chi connectivity index (χ0) is 35.6. The van der Waals surface area contributed by atoms with Crippen LogP contribution in [0.3, 0.4) is 0 Å². The van der Waals surface area contributed by atoms with Gasteiger partial charge in [-0.05, 0) is 35.9 Å². The smallest absolute Gasteiger partial charge is 0.160 e. The van der Waals surface area contributed by atoms with Gasteiger partial charge in [-0.3, -0.25) is 0 Å². The fraction of sp³-hybridized carbons (Fsp3) is 0. The summed E-state index contributed by atoms with van der Waals surface area (Å²) in [4.78, 5) is 15.3. The third-order valence-electron chi connectivity index (χ3n) is 10.2. The molecule has 0 saturated carbocycles. The average molecular weight is 710 g/mol. The number of pyridine rings is 1. The number of aromatic nitrogens is 5. The molecule has 0 aliphatic carbocycles. The Bertz CT molecular complexity index is 3210. The van der Waals surface area contributed by atoms with Crippen LogP contribution in [0.1, 0.15) is 0 Å². The molecule has 4 aromatic heterocycles. The van der Waals surface area contributed by atoms with Crippen LogP contribution in [0.4, 0.5) is 0 Å². The molecule has 54 heavy (non-hydrogen) atoms. The quantitative estimate of drug-likeness (QED) is 0.166. The fourth-order valence-electron chi connectivity index (χ4n) is 7.56. The number of benzene rings is 7. The Balaban J connectivity index is 1.00. The minimum atomic E-state index is 0.673. The lowest BCUT2D eigenvalue weighted by Crippen LogP contribution is -1.96. The van der Waals surface area contributed by atoms with E-state index in [0.717, 1.165) is 105 Å². The molecule has 6 nitrogen and oxygen atoms in total. The minimum Gasteiger partial charge on any atom is -0.455 e. The molecule has 0 bridgehead atoms. The van der Waals surface area contributed by atoms with Gasteiger partial charge in [0.25, 0.3) is 0 Å². The van der Waals surface area contributed by atoms with Crippen molar-refractivity contribution in [2.45, 2.75) is 0 Å². The summed E-state index contributed by atoms with van der Waals surface area (Å²) in [6.45, 7) is 0. The van der Waals surface area contributed by atoms with Crippen LogP contribution in [-0.4, -0.2) is 23.7 Å². The molecule has 0 amide bonds. The lowest BCUT2D eigenvalue weighted by molar-refractivity contribution is 0.670. The molecule has 7 aromatic carbocycles. The molecular weight excluding hydrogens is 683 g/mol.